The van der Waals surface area contributed by atoms with E-state index in [1.807, 2.05) is 0 Å². The van der Waals surface area contributed by atoms with E-state index < -0.39 is 11.9 Å². The average Bonchev–Trinajstić information content (AvgIpc) is 2.08. The van der Waals surface area contributed by atoms with Gasteiger partial charge in [0.25, 0.3) is 5.91 Å². The molecule has 0 spiro atoms. The molecule has 0 aliphatic carbocycles. The zero-order valence-electron chi connectivity index (χ0n) is 7.41. The number of carbonyl (C=O) groups is 2. The average molecular weight is 206 g/mol. The third kappa shape index (κ3) is 3.84. The first-order valence-corrected chi connectivity index (χ1v) is 3.75. The van der Waals surface area contributed by atoms with Crippen LogP contribution in [0, 0.1) is 0 Å². The van der Waals surface area contributed by atoms with Gasteiger partial charge < -0.3 is 15.2 Å². The van der Waals surface area contributed by atoms with Crippen LogP contribution in [0.4, 0.5) is 5.69 Å². The van der Waals surface area contributed by atoms with Crippen LogP contribution in [-0.2, 0) is 9.59 Å². The van der Waals surface area contributed by atoms with Gasteiger partial charge >= 0.3 is 18.9 Å². The number of benzene rings is 1. The molecule has 0 aromatic heterocycles. The van der Waals surface area contributed by atoms with E-state index in [0.717, 1.165) is 0 Å². The molecule has 0 unspecified atom stereocenters. The zero-order valence-corrected chi connectivity index (χ0v) is 8.17. The van der Waals surface area contributed by atoms with Gasteiger partial charge in [-0.2, -0.15) is 0 Å². The monoisotopic (exact) mass is 205 g/mol. The number of hydrogen-bond acceptors (Lipinski definition) is 3. The minimum atomic E-state index is -1.77. The maximum Gasteiger partial charge on any atom is 1.00 e. The molecule has 68 valence electrons. The van der Waals surface area contributed by atoms with Crippen molar-refractivity contribution in [2.75, 3.05) is 5.32 Å². The molecule has 0 aliphatic heterocycles. The summed E-state index contributed by atoms with van der Waals surface area (Å²) in [6.45, 7) is 0. The Bertz CT molecular complexity index is 339. The van der Waals surface area contributed by atoms with Crippen LogP contribution in [0.2, 0.25) is 5.02 Å². The van der Waals surface area contributed by atoms with Crippen molar-refractivity contribution in [2.24, 2.45) is 0 Å². The Balaban J connectivity index is 0.00000169. The molecule has 0 bridgehead atoms. The van der Waals surface area contributed by atoms with Crippen molar-refractivity contribution in [1.29, 1.82) is 0 Å². The third-order valence-electron chi connectivity index (χ3n) is 1.29. The Kier molecular flexibility index (Phi) is 5.32. The van der Waals surface area contributed by atoms with E-state index in [1.54, 1.807) is 0 Å². The molecule has 1 N–H and O–H groups in total. The maximum atomic E-state index is 10.6. The van der Waals surface area contributed by atoms with Crippen molar-refractivity contribution in [3.8, 4) is 0 Å². The number of hydrogen-bond donors (Lipinski definition) is 1. The second-order valence-corrected chi connectivity index (χ2v) is 2.68. The third-order valence-corrected chi connectivity index (χ3v) is 1.54. The molecule has 1 rings (SSSR count). The summed E-state index contributed by atoms with van der Waals surface area (Å²) in [5.41, 5.74) is 0.360. The SMILES string of the molecule is O=C([O-])C(=O)Nc1ccc(Cl)cc1.[Li+]. The van der Waals surface area contributed by atoms with Gasteiger partial charge in [0.15, 0.2) is 0 Å². The topological polar surface area (TPSA) is 69.2 Å². The fraction of sp³-hybridized carbons (Fsp3) is 0. The van der Waals surface area contributed by atoms with Crippen LogP contribution in [-0.4, -0.2) is 11.9 Å². The number of rotatable bonds is 1. The molecule has 1 aromatic carbocycles. The Morgan fingerprint density at radius 3 is 2.14 bits per heavy atom. The van der Waals surface area contributed by atoms with Gasteiger partial charge in [0.1, 0.15) is 5.97 Å². The molecule has 1 aromatic rings. The molecular weight excluding hydrogens is 200 g/mol. The zero-order chi connectivity index (χ0) is 9.84. The normalized spacial score (nSPS) is 8.64. The van der Waals surface area contributed by atoms with E-state index in [0.29, 0.717) is 10.7 Å². The van der Waals surface area contributed by atoms with Crippen molar-refractivity contribution in [2.45, 2.75) is 0 Å². The van der Waals surface area contributed by atoms with Crippen LogP contribution < -0.4 is 29.3 Å². The van der Waals surface area contributed by atoms with Gasteiger partial charge in [-0.05, 0) is 24.3 Å². The van der Waals surface area contributed by atoms with Crippen LogP contribution in [0.1, 0.15) is 0 Å². The summed E-state index contributed by atoms with van der Waals surface area (Å²) in [6.07, 6.45) is 0. The fourth-order valence-electron chi connectivity index (χ4n) is 0.715. The van der Waals surface area contributed by atoms with Crippen LogP contribution >= 0.6 is 11.6 Å². The number of nitrogens with one attached hydrogen (secondary N) is 1. The molecular formula is C8H5ClLiNO3. The number of aliphatic carboxylic acids is 1. The van der Waals surface area contributed by atoms with E-state index in [4.69, 9.17) is 11.6 Å². The molecule has 6 heteroatoms. The van der Waals surface area contributed by atoms with E-state index in [9.17, 15) is 14.7 Å². The summed E-state index contributed by atoms with van der Waals surface area (Å²) in [4.78, 5) is 20.6. The number of carbonyl (C=O) groups excluding carboxylic acids is 2. The smallest absolute Gasteiger partial charge is 0.540 e. The first-order chi connectivity index (χ1) is 6.09. The van der Waals surface area contributed by atoms with Crippen molar-refractivity contribution in [1.82, 2.24) is 0 Å². The Morgan fingerprint density at radius 2 is 1.71 bits per heavy atom. The molecule has 0 saturated carbocycles. The number of halogens is 1. The quantitative estimate of drug-likeness (QED) is 0.393. The second kappa shape index (κ2) is 5.71. The summed E-state index contributed by atoms with van der Waals surface area (Å²) >= 11 is 5.57. The first-order valence-electron chi connectivity index (χ1n) is 3.37. The molecule has 14 heavy (non-hydrogen) atoms. The predicted octanol–water partition coefficient (Wildman–Crippen LogP) is -2.97. The minimum Gasteiger partial charge on any atom is -0.540 e. The van der Waals surface area contributed by atoms with Gasteiger partial charge in [-0.15, -0.1) is 0 Å². The van der Waals surface area contributed by atoms with Crippen molar-refractivity contribution in [3.63, 3.8) is 0 Å². The summed E-state index contributed by atoms with van der Waals surface area (Å²) in [5.74, 6) is -2.95. The summed E-state index contributed by atoms with van der Waals surface area (Å²) < 4.78 is 0. The molecule has 0 aliphatic rings. The van der Waals surface area contributed by atoms with Crippen LogP contribution in [0.3, 0.4) is 0 Å². The summed E-state index contributed by atoms with van der Waals surface area (Å²) in [6, 6.07) is 6.05. The van der Waals surface area contributed by atoms with Gasteiger partial charge in [-0.3, -0.25) is 4.79 Å². The van der Waals surface area contributed by atoms with Gasteiger partial charge in [-0.1, -0.05) is 11.6 Å². The van der Waals surface area contributed by atoms with Crippen LogP contribution in [0.15, 0.2) is 24.3 Å². The summed E-state index contributed by atoms with van der Waals surface area (Å²) in [5, 5.41) is 12.6. The summed E-state index contributed by atoms with van der Waals surface area (Å²) in [7, 11) is 0. The van der Waals surface area contributed by atoms with Gasteiger partial charge in [0, 0.05) is 10.7 Å². The number of amides is 1. The predicted molar refractivity (Wildman–Crippen MR) is 45.1 cm³/mol. The molecule has 0 fully saturated rings. The van der Waals surface area contributed by atoms with E-state index in [-0.39, 0.29) is 18.9 Å². The van der Waals surface area contributed by atoms with Crippen molar-refractivity contribution < 1.29 is 33.6 Å². The number of anilines is 1. The number of carboxylic acids is 1. The van der Waals surface area contributed by atoms with E-state index in [1.165, 1.54) is 24.3 Å². The van der Waals surface area contributed by atoms with Gasteiger partial charge in [0.2, 0.25) is 0 Å². The van der Waals surface area contributed by atoms with Crippen LogP contribution in [0.5, 0.6) is 0 Å². The molecule has 0 saturated heterocycles. The molecule has 1 amide bonds. The van der Waals surface area contributed by atoms with Gasteiger partial charge in [-0.25, -0.2) is 0 Å². The van der Waals surface area contributed by atoms with Crippen LogP contribution in [0.25, 0.3) is 0 Å². The van der Waals surface area contributed by atoms with Gasteiger partial charge in [0.05, 0.1) is 0 Å². The van der Waals surface area contributed by atoms with Crippen molar-refractivity contribution in [3.05, 3.63) is 29.3 Å². The largest absolute Gasteiger partial charge is 1.00 e. The first kappa shape index (κ1) is 13.0. The molecule has 0 heterocycles. The minimum absolute atomic E-state index is 0. The van der Waals surface area contributed by atoms with E-state index >= 15 is 0 Å². The maximum absolute atomic E-state index is 10.6. The van der Waals surface area contributed by atoms with Crippen molar-refractivity contribution >= 4 is 29.2 Å². The molecule has 0 radical (unpaired) electrons. The molecule has 4 nitrogen and oxygen atoms in total. The Morgan fingerprint density at radius 1 is 1.21 bits per heavy atom. The van der Waals surface area contributed by atoms with E-state index in [2.05, 4.69) is 5.32 Å². The molecule has 0 atom stereocenters. The standard InChI is InChI=1S/C8H6ClNO3.Li/c9-5-1-3-6(4-2-5)10-7(11)8(12)13;/h1-4H,(H,10,11)(H,12,13);/q;+1/p-1. The second-order valence-electron chi connectivity index (χ2n) is 2.25. The Hall–Kier alpha value is -0.953. The Labute approximate surface area is 97.4 Å². The fourth-order valence-corrected chi connectivity index (χ4v) is 0.841. The number of carboxylic acid groups (broad SMARTS) is 1.